The Labute approximate surface area is 199 Å². The van der Waals surface area contributed by atoms with Gasteiger partial charge in [-0.3, -0.25) is 4.79 Å². The summed E-state index contributed by atoms with van der Waals surface area (Å²) in [5.41, 5.74) is 0.0263. The minimum absolute atomic E-state index is 0.0304. The highest BCUT2D eigenvalue weighted by atomic mass is 35.5. The average molecular weight is 509 g/mol. The van der Waals surface area contributed by atoms with Crippen LogP contribution in [0.5, 0.6) is 0 Å². The Morgan fingerprint density at radius 3 is 2.36 bits per heavy atom. The third-order valence-electron chi connectivity index (χ3n) is 6.27. The van der Waals surface area contributed by atoms with E-state index in [1.807, 2.05) is 13.8 Å². The van der Waals surface area contributed by atoms with Crippen LogP contribution in [0.3, 0.4) is 0 Å². The minimum atomic E-state index is -4.70. The number of halogens is 4. The van der Waals surface area contributed by atoms with Crippen LogP contribution < -0.4 is 0 Å². The topological polar surface area (TPSA) is 57.7 Å². The zero-order valence-corrected chi connectivity index (χ0v) is 21.0. The summed E-state index contributed by atoms with van der Waals surface area (Å²) in [6.45, 7) is 7.29. The highest BCUT2D eigenvalue weighted by molar-refractivity contribution is 7.88. The Balaban J connectivity index is 2.57. The van der Waals surface area contributed by atoms with Crippen molar-refractivity contribution in [1.29, 1.82) is 0 Å². The van der Waals surface area contributed by atoms with Crippen molar-refractivity contribution in [2.45, 2.75) is 58.3 Å². The predicted octanol–water partition coefficient (Wildman–Crippen LogP) is 5.43. The van der Waals surface area contributed by atoms with Crippen molar-refractivity contribution in [1.82, 2.24) is 9.21 Å². The molecular weight excluding hydrogens is 477 g/mol. The second-order valence-corrected chi connectivity index (χ2v) is 11.6. The molecule has 0 aliphatic carbocycles. The van der Waals surface area contributed by atoms with Gasteiger partial charge in [0.2, 0.25) is 15.9 Å². The first kappa shape index (κ1) is 27.7. The number of nitrogens with zero attached hydrogens (tertiary/aromatic N) is 2. The van der Waals surface area contributed by atoms with Gasteiger partial charge in [-0.25, -0.2) is 8.42 Å². The van der Waals surface area contributed by atoms with E-state index in [4.69, 9.17) is 11.6 Å². The van der Waals surface area contributed by atoms with Gasteiger partial charge in [0, 0.05) is 17.6 Å². The summed E-state index contributed by atoms with van der Waals surface area (Å²) in [7, 11) is -4.16. The summed E-state index contributed by atoms with van der Waals surface area (Å²) in [6.07, 6.45) is -1.02. The number of allylic oxidation sites excluding steroid dienone is 1. The standard InChI is InChI=1S/C23H32ClF3N2O3S/c1-6-12-22(4)13-16(3)20(17-8-10-18(24)11-9-17)29(21(22)30)19(7-2)14-28(33(5,31)32)15-23(25,26)27/h6,8-11,16,19-20H,1,7,12-15H2,2-5H3/t16-,19-,20-,22-/m0/s1. The van der Waals surface area contributed by atoms with Crippen molar-refractivity contribution in [3.63, 3.8) is 0 Å². The lowest BCUT2D eigenvalue weighted by Crippen LogP contribution is -2.58. The number of benzene rings is 1. The van der Waals surface area contributed by atoms with Crippen LogP contribution in [0, 0.1) is 11.3 Å². The summed E-state index contributed by atoms with van der Waals surface area (Å²) in [6, 6.07) is 5.84. The molecule has 0 unspecified atom stereocenters. The Kier molecular flexibility index (Phi) is 8.68. The quantitative estimate of drug-likeness (QED) is 0.418. The number of rotatable bonds is 9. The second-order valence-electron chi connectivity index (χ2n) is 9.18. The molecular formula is C23H32ClF3N2O3S. The Morgan fingerprint density at radius 2 is 1.91 bits per heavy atom. The zero-order valence-electron chi connectivity index (χ0n) is 19.4. The number of likely N-dealkylation sites (tertiary alicyclic amines) is 1. The lowest BCUT2D eigenvalue weighted by Gasteiger charge is -2.51. The van der Waals surface area contributed by atoms with Crippen molar-refractivity contribution in [3.05, 3.63) is 47.5 Å². The number of carbonyl (C=O) groups is 1. The molecule has 0 radical (unpaired) electrons. The molecule has 1 saturated heterocycles. The van der Waals surface area contributed by atoms with Crippen LogP contribution in [-0.2, 0) is 14.8 Å². The lowest BCUT2D eigenvalue weighted by atomic mass is 9.69. The molecule has 1 aromatic rings. The van der Waals surface area contributed by atoms with E-state index in [2.05, 4.69) is 6.58 Å². The van der Waals surface area contributed by atoms with Gasteiger partial charge in [-0.05, 0) is 42.9 Å². The van der Waals surface area contributed by atoms with Gasteiger partial charge in [0.25, 0.3) is 0 Å². The molecule has 1 heterocycles. The van der Waals surface area contributed by atoms with Gasteiger partial charge >= 0.3 is 6.18 Å². The van der Waals surface area contributed by atoms with Gasteiger partial charge in [0.05, 0.1) is 17.7 Å². The zero-order chi connectivity index (χ0) is 25.2. The van der Waals surface area contributed by atoms with Crippen LogP contribution in [0.15, 0.2) is 36.9 Å². The molecule has 1 amide bonds. The number of sulfonamides is 1. The van der Waals surface area contributed by atoms with E-state index in [0.29, 0.717) is 22.2 Å². The number of hydrogen-bond donors (Lipinski definition) is 0. The largest absolute Gasteiger partial charge is 0.402 e. The third kappa shape index (κ3) is 6.73. The molecule has 1 aliphatic rings. The molecule has 2 rings (SSSR count). The van der Waals surface area contributed by atoms with E-state index in [9.17, 15) is 26.4 Å². The van der Waals surface area contributed by atoms with E-state index >= 15 is 0 Å². The van der Waals surface area contributed by atoms with Gasteiger partial charge in [0.1, 0.15) is 6.54 Å². The first-order chi connectivity index (χ1) is 15.1. The first-order valence-corrected chi connectivity index (χ1v) is 13.1. The highest BCUT2D eigenvalue weighted by Crippen LogP contribution is 2.47. The van der Waals surface area contributed by atoms with Crippen LogP contribution in [0.4, 0.5) is 13.2 Å². The predicted molar refractivity (Wildman–Crippen MR) is 124 cm³/mol. The number of piperidine rings is 1. The Hall–Kier alpha value is -1.58. The molecule has 33 heavy (non-hydrogen) atoms. The molecule has 0 bridgehead atoms. The number of carbonyl (C=O) groups excluding carboxylic acids is 1. The van der Waals surface area contributed by atoms with E-state index < -0.39 is 46.8 Å². The van der Waals surface area contributed by atoms with Crippen LogP contribution in [0.25, 0.3) is 0 Å². The van der Waals surface area contributed by atoms with Crippen molar-refractivity contribution >= 4 is 27.5 Å². The monoisotopic (exact) mass is 508 g/mol. The molecule has 4 atom stereocenters. The summed E-state index contributed by atoms with van der Waals surface area (Å²) >= 11 is 6.04. The number of hydrogen-bond acceptors (Lipinski definition) is 3. The van der Waals surface area contributed by atoms with E-state index in [-0.39, 0.29) is 18.2 Å². The van der Waals surface area contributed by atoms with Crippen molar-refractivity contribution in [2.75, 3.05) is 19.3 Å². The fourth-order valence-corrected chi connectivity index (χ4v) is 5.77. The number of amides is 1. The molecule has 1 fully saturated rings. The summed E-state index contributed by atoms with van der Waals surface area (Å²) in [5.74, 6) is -0.245. The summed E-state index contributed by atoms with van der Waals surface area (Å²) < 4.78 is 64.3. The van der Waals surface area contributed by atoms with Gasteiger partial charge < -0.3 is 4.90 Å². The maximum absolute atomic E-state index is 13.8. The van der Waals surface area contributed by atoms with E-state index in [1.54, 1.807) is 42.2 Å². The van der Waals surface area contributed by atoms with Crippen LogP contribution in [-0.4, -0.2) is 55.1 Å². The first-order valence-electron chi connectivity index (χ1n) is 10.8. The van der Waals surface area contributed by atoms with Gasteiger partial charge in [0.15, 0.2) is 0 Å². The highest BCUT2D eigenvalue weighted by Gasteiger charge is 2.49. The van der Waals surface area contributed by atoms with Crippen LogP contribution in [0.2, 0.25) is 5.02 Å². The SMILES string of the molecule is C=CC[C@@]1(C)C[C@H](C)[C@@H](c2ccc(Cl)cc2)N([C@@H](CC)CN(CC(F)(F)F)S(C)(=O)=O)C1=O. The molecule has 10 heteroatoms. The van der Waals surface area contributed by atoms with Crippen LogP contribution >= 0.6 is 11.6 Å². The van der Waals surface area contributed by atoms with Crippen molar-refractivity contribution in [3.8, 4) is 0 Å². The van der Waals surface area contributed by atoms with Gasteiger partial charge in [-0.1, -0.05) is 50.6 Å². The smallest absolute Gasteiger partial charge is 0.331 e. The summed E-state index contributed by atoms with van der Waals surface area (Å²) in [5, 5.41) is 0.525. The fraction of sp³-hybridized carbons (Fsp3) is 0.609. The molecule has 5 nitrogen and oxygen atoms in total. The minimum Gasteiger partial charge on any atom is -0.331 e. The molecule has 1 aromatic carbocycles. The normalized spacial score (nSPS) is 25.4. The molecule has 186 valence electrons. The third-order valence-corrected chi connectivity index (χ3v) is 7.74. The molecule has 0 saturated carbocycles. The van der Waals surface area contributed by atoms with Gasteiger partial charge in [-0.2, -0.15) is 17.5 Å². The molecule has 0 spiro atoms. The van der Waals surface area contributed by atoms with E-state index in [0.717, 1.165) is 11.8 Å². The molecule has 0 aromatic heterocycles. The van der Waals surface area contributed by atoms with Crippen LogP contribution in [0.1, 0.15) is 51.6 Å². The Morgan fingerprint density at radius 1 is 1.33 bits per heavy atom. The summed E-state index contributed by atoms with van der Waals surface area (Å²) in [4.78, 5) is 15.4. The second kappa shape index (κ2) is 10.4. The number of alkyl halides is 3. The maximum Gasteiger partial charge on any atom is 0.402 e. The average Bonchev–Trinajstić information content (AvgIpc) is 2.67. The van der Waals surface area contributed by atoms with Gasteiger partial charge in [-0.15, -0.1) is 6.58 Å². The molecule has 1 aliphatic heterocycles. The van der Waals surface area contributed by atoms with Crippen molar-refractivity contribution < 1.29 is 26.4 Å². The van der Waals surface area contributed by atoms with E-state index in [1.165, 1.54) is 0 Å². The molecule has 0 N–H and O–H groups in total. The maximum atomic E-state index is 13.8. The van der Waals surface area contributed by atoms with Crippen molar-refractivity contribution in [2.24, 2.45) is 11.3 Å². The Bertz CT molecular complexity index is 953. The fourth-order valence-electron chi connectivity index (χ4n) is 4.82. The lowest BCUT2D eigenvalue weighted by molar-refractivity contribution is -0.158.